The van der Waals surface area contributed by atoms with E-state index in [-0.39, 0.29) is 6.42 Å². The lowest BCUT2D eigenvalue weighted by molar-refractivity contribution is -0.117. The fourth-order valence-corrected chi connectivity index (χ4v) is 3.03. The molecule has 1 aromatic carbocycles. The molecule has 21 heavy (non-hydrogen) atoms. The largest absolute Gasteiger partial charge is 0.369 e. The maximum absolute atomic E-state index is 11.5. The topological polar surface area (TPSA) is 93.4 Å². The number of hydrogen-bond donors (Lipinski definition) is 1. The molecule has 0 saturated heterocycles. The second-order valence-electron chi connectivity index (χ2n) is 4.55. The van der Waals surface area contributed by atoms with Gasteiger partial charge in [0.1, 0.15) is 5.01 Å². The molecule has 1 amide bonds. The highest BCUT2D eigenvalue weighted by atomic mass is 32.2. The third-order valence-corrected chi connectivity index (χ3v) is 4.96. The molecule has 0 aliphatic rings. The van der Waals surface area contributed by atoms with Gasteiger partial charge in [-0.15, -0.1) is 11.3 Å². The number of anilines is 1. The number of amides is 1. The maximum Gasteiger partial charge on any atom is 0.231 e. The number of sulfonamides is 1. The number of benzene rings is 1. The predicted molar refractivity (Wildman–Crippen MR) is 83.7 cm³/mol. The van der Waals surface area contributed by atoms with E-state index in [0.717, 1.165) is 17.5 Å². The molecule has 0 bridgehead atoms. The molecule has 0 spiro atoms. The molecule has 2 rings (SSSR count). The SMILES string of the molecule is CN(c1ccc(-c2csc(CC(N)=O)n2)cc1)S(C)(=O)=O. The van der Waals surface area contributed by atoms with E-state index in [1.807, 2.05) is 5.38 Å². The first-order valence-electron chi connectivity index (χ1n) is 6.04. The summed E-state index contributed by atoms with van der Waals surface area (Å²) in [6.07, 6.45) is 1.27. The molecule has 0 aliphatic carbocycles. The highest BCUT2D eigenvalue weighted by molar-refractivity contribution is 7.92. The molecule has 0 unspecified atom stereocenters. The van der Waals surface area contributed by atoms with Crippen LogP contribution in [0.5, 0.6) is 0 Å². The van der Waals surface area contributed by atoms with Crippen molar-refractivity contribution in [3.8, 4) is 11.3 Å². The summed E-state index contributed by atoms with van der Waals surface area (Å²) in [7, 11) is -1.78. The number of hydrogen-bond acceptors (Lipinski definition) is 5. The molecule has 8 heteroatoms. The zero-order chi connectivity index (χ0) is 15.6. The molecule has 6 nitrogen and oxygen atoms in total. The summed E-state index contributed by atoms with van der Waals surface area (Å²) >= 11 is 1.37. The van der Waals surface area contributed by atoms with E-state index in [1.54, 1.807) is 24.3 Å². The average Bonchev–Trinajstić information content (AvgIpc) is 2.84. The Morgan fingerprint density at radius 1 is 1.33 bits per heavy atom. The van der Waals surface area contributed by atoms with Crippen LogP contribution < -0.4 is 10.0 Å². The summed E-state index contributed by atoms with van der Waals surface area (Å²) in [4.78, 5) is 15.2. The van der Waals surface area contributed by atoms with Crippen LogP contribution in [0, 0.1) is 0 Å². The number of aromatic nitrogens is 1. The molecule has 1 aromatic heterocycles. The molecule has 0 aliphatic heterocycles. The van der Waals surface area contributed by atoms with Crippen molar-refractivity contribution in [1.29, 1.82) is 0 Å². The summed E-state index contributed by atoms with van der Waals surface area (Å²) < 4.78 is 24.1. The lowest BCUT2D eigenvalue weighted by Gasteiger charge is -2.16. The molecule has 1 heterocycles. The number of carbonyl (C=O) groups is 1. The summed E-state index contributed by atoms with van der Waals surface area (Å²) in [6.45, 7) is 0. The van der Waals surface area contributed by atoms with E-state index in [2.05, 4.69) is 4.98 Å². The number of thiazole rings is 1. The van der Waals surface area contributed by atoms with E-state index in [4.69, 9.17) is 5.73 Å². The van der Waals surface area contributed by atoms with Gasteiger partial charge in [0.25, 0.3) is 0 Å². The zero-order valence-corrected chi connectivity index (χ0v) is 13.2. The minimum absolute atomic E-state index is 0.125. The first-order chi connectivity index (χ1) is 9.77. The van der Waals surface area contributed by atoms with Crippen LogP contribution in [0.25, 0.3) is 11.3 Å². The van der Waals surface area contributed by atoms with Gasteiger partial charge in [0.2, 0.25) is 15.9 Å². The number of carbonyl (C=O) groups excluding carboxylic acids is 1. The van der Waals surface area contributed by atoms with Crippen molar-refractivity contribution in [1.82, 2.24) is 4.98 Å². The highest BCUT2D eigenvalue weighted by Crippen LogP contribution is 2.25. The third-order valence-electron chi connectivity index (χ3n) is 2.90. The Balaban J connectivity index is 2.23. The van der Waals surface area contributed by atoms with Gasteiger partial charge in [-0.3, -0.25) is 9.10 Å². The van der Waals surface area contributed by atoms with Gasteiger partial charge in [0.15, 0.2) is 0 Å². The first-order valence-corrected chi connectivity index (χ1v) is 8.77. The Morgan fingerprint density at radius 3 is 2.48 bits per heavy atom. The molecule has 112 valence electrons. The Bertz CT molecular complexity index is 751. The van der Waals surface area contributed by atoms with Gasteiger partial charge in [0.05, 0.1) is 24.1 Å². The van der Waals surface area contributed by atoms with Gasteiger partial charge in [-0.1, -0.05) is 12.1 Å². The molecular weight excluding hydrogens is 310 g/mol. The number of nitrogens with two attached hydrogens (primary N) is 1. The van der Waals surface area contributed by atoms with Crippen molar-refractivity contribution in [2.45, 2.75) is 6.42 Å². The van der Waals surface area contributed by atoms with Crippen LogP contribution >= 0.6 is 11.3 Å². The van der Waals surface area contributed by atoms with Crippen LogP contribution in [0.15, 0.2) is 29.6 Å². The second-order valence-corrected chi connectivity index (χ2v) is 7.50. The maximum atomic E-state index is 11.5. The van der Waals surface area contributed by atoms with Gasteiger partial charge >= 0.3 is 0 Å². The van der Waals surface area contributed by atoms with E-state index in [9.17, 15) is 13.2 Å². The smallest absolute Gasteiger partial charge is 0.231 e. The Morgan fingerprint density at radius 2 is 1.95 bits per heavy atom. The summed E-state index contributed by atoms with van der Waals surface area (Å²) in [6, 6.07) is 7.01. The van der Waals surface area contributed by atoms with Crippen molar-refractivity contribution in [3.05, 3.63) is 34.7 Å². The zero-order valence-electron chi connectivity index (χ0n) is 11.6. The molecule has 0 fully saturated rings. The van der Waals surface area contributed by atoms with Crippen LogP contribution in [-0.2, 0) is 21.2 Å². The lowest BCUT2D eigenvalue weighted by atomic mass is 10.1. The average molecular weight is 325 g/mol. The summed E-state index contributed by atoms with van der Waals surface area (Å²) in [5, 5.41) is 2.50. The van der Waals surface area contributed by atoms with Crippen LogP contribution in [-0.4, -0.2) is 32.6 Å². The van der Waals surface area contributed by atoms with Gasteiger partial charge in [-0.2, -0.15) is 0 Å². The quantitative estimate of drug-likeness (QED) is 0.895. The normalized spacial score (nSPS) is 11.3. The monoisotopic (exact) mass is 325 g/mol. The molecule has 0 radical (unpaired) electrons. The number of nitrogens with zero attached hydrogens (tertiary/aromatic N) is 2. The van der Waals surface area contributed by atoms with Crippen LogP contribution in [0.3, 0.4) is 0 Å². The minimum Gasteiger partial charge on any atom is -0.369 e. The van der Waals surface area contributed by atoms with E-state index < -0.39 is 15.9 Å². The van der Waals surface area contributed by atoms with Gasteiger partial charge in [-0.25, -0.2) is 13.4 Å². The molecule has 0 saturated carbocycles. The van der Waals surface area contributed by atoms with Crippen LogP contribution in [0.2, 0.25) is 0 Å². The molecule has 2 N–H and O–H groups in total. The van der Waals surface area contributed by atoms with Gasteiger partial charge in [0, 0.05) is 18.0 Å². The highest BCUT2D eigenvalue weighted by Gasteiger charge is 2.12. The Kier molecular flexibility index (Phi) is 4.29. The van der Waals surface area contributed by atoms with Crippen molar-refractivity contribution in [3.63, 3.8) is 0 Å². The Hall–Kier alpha value is -1.93. The van der Waals surface area contributed by atoms with E-state index >= 15 is 0 Å². The number of rotatable bonds is 5. The van der Waals surface area contributed by atoms with Gasteiger partial charge in [-0.05, 0) is 12.1 Å². The molecular formula is C13H15N3O3S2. The van der Waals surface area contributed by atoms with Gasteiger partial charge < -0.3 is 5.73 Å². The van der Waals surface area contributed by atoms with Crippen LogP contribution in [0.1, 0.15) is 5.01 Å². The van der Waals surface area contributed by atoms with Crippen molar-refractivity contribution < 1.29 is 13.2 Å². The van der Waals surface area contributed by atoms with E-state index in [0.29, 0.717) is 10.7 Å². The standard InChI is InChI=1S/C13H15N3O3S2/c1-16(21(2,18)19)10-5-3-9(4-6-10)11-8-20-13(15-11)7-12(14)17/h3-6,8H,7H2,1-2H3,(H2,14,17). The van der Waals surface area contributed by atoms with Crippen molar-refractivity contribution in [2.75, 3.05) is 17.6 Å². The fourth-order valence-electron chi connectivity index (χ4n) is 1.71. The predicted octanol–water partition coefficient (Wildman–Crippen LogP) is 1.23. The summed E-state index contributed by atoms with van der Waals surface area (Å²) in [5.74, 6) is -0.416. The minimum atomic E-state index is -3.27. The van der Waals surface area contributed by atoms with Crippen molar-refractivity contribution in [2.24, 2.45) is 5.73 Å². The lowest BCUT2D eigenvalue weighted by Crippen LogP contribution is -2.24. The Labute approximate surface area is 127 Å². The van der Waals surface area contributed by atoms with E-state index in [1.165, 1.54) is 22.7 Å². The fraction of sp³-hybridized carbons (Fsp3) is 0.231. The molecule has 2 aromatic rings. The second kappa shape index (κ2) is 5.82. The summed E-state index contributed by atoms with van der Waals surface area (Å²) in [5.41, 5.74) is 7.30. The molecule has 0 atom stereocenters. The van der Waals surface area contributed by atoms with Crippen LogP contribution in [0.4, 0.5) is 5.69 Å². The third kappa shape index (κ3) is 3.79. The van der Waals surface area contributed by atoms with Crippen molar-refractivity contribution >= 4 is 33.0 Å². The number of primary amides is 1. The first kappa shape index (κ1) is 15.5.